The number of carbonyl (C=O) groups is 1. The van der Waals surface area contributed by atoms with Gasteiger partial charge in [-0.3, -0.25) is 4.79 Å². The molecule has 0 amide bonds. The lowest BCUT2D eigenvalue weighted by atomic mass is 10.1. The molecule has 0 unspecified atom stereocenters. The Balaban J connectivity index is 2.31. The summed E-state index contributed by atoms with van der Waals surface area (Å²) in [6.07, 6.45) is 2.61. The molecule has 0 bridgehead atoms. The molecule has 4 heteroatoms. The lowest BCUT2D eigenvalue weighted by molar-refractivity contribution is 0.111. The Labute approximate surface area is 106 Å². The first kappa shape index (κ1) is 12.4. The normalized spacial score (nSPS) is 10.7. The fourth-order valence-corrected chi connectivity index (χ4v) is 1.76. The molecular weight excluding hydrogens is 228 g/mol. The van der Waals surface area contributed by atoms with E-state index in [9.17, 15) is 4.79 Å². The number of hydrogen-bond donors (Lipinski definition) is 0. The highest BCUT2D eigenvalue weighted by Gasteiger charge is 2.10. The minimum Gasteiger partial charge on any atom is -0.491 e. The van der Waals surface area contributed by atoms with Gasteiger partial charge < -0.3 is 9.30 Å². The zero-order chi connectivity index (χ0) is 13.1. The highest BCUT2D eigenvalue weighted by atomic mass is 16.5. The molecule has 0 fully saturated rings. The molecule has 18 heavy (non-hydrogen) atoms. The number of hydrogen-bond acceptors (Lipinski definition) is 3. The fourth-order valence-electron chi connectivity index (χ4n) is 1.76. The topological polar surface area (TPSA) is 44.1 Å². The van der Waals surface area contributed by atoms with E-state index in [1.807, 2.05) is 38.1 Å². The monoisotopic (exact) mass is 244 g/mol. The summed E-state index contributed by atoms with van der Waals surface area (Å²) >= 11 is 0. The van der Waals surface area contributed by atoms with Crippen molar-refractivity contribution in [3.63, 3.8) is 0 Å². The largest absolute Gasteiger partial charge is 0.491 e. The maximum Gasteiger partial charge on any atom is 0.168 e. The summed E-state index contributed by atoms with van der Waals surface area (Å²) in [6, 6.07) is 7.59. The molecule has 1 aromatic heterocycles. The molecule has 0 atom stereocenters. The van der Waals surface area contributed by atoms with Gasteiger partial charge in [-0.1, -0.05) is 0 Å². The minimum absolute atomic E-state index is 0.149. The standard InChI is InChI=1S/C14H16N2O2/c1-10(2)18-12-6-4-11(5-7-12)14-13(8-17)16(3)9-15-14/h4-10H,1-3H3. The van der Waals surface area contributed by atoms with Crippen molar-refractivity contribution in [3.8, 4) is 17.0 Å². The van der Waals surface area contributed by atoms with Crippen LogP contribution in [-0.4, -0.2) is 21.9 Å². The number of aldehydes is 1. The first-order valence-corrected chi connectivity index (χ1v) is 5.85. The van der Waals surface area contributed by atoms with Crippen molar-refractivity contribution in [3.05, 3.63) is 36.3 Å². The number of aryl methyl sites for hydroxylation is 1. The molecule has 0 aliphatic rings. The van der Waals surface area contributed by atoms with Gasteiger partial charge in [0.1, 0.15) is 11.4 Å². The zero-order valence-electron chi connectivity index (χ0n) is 10.8. The van der Waals surface area contributed by atoms with E-state index in [0.29, 0.717) is 11.4 Å². The first-order chi connectivity index (χ1) is 8.61. The summed E-state index contributed by atoms with van der Waals surface area (Å²) in [5.41, 5.74) is 2.19. The van der Waals surface area contributed by atoms with Gasteiger partial charge in [-0.2, -0.15) is 0 Å². The second kappa shape index (κ2) is 5.04. The number of benzene rings is 1. The van der Waals surface area contributed by atoms with Crippen molar-refractivity contribution in [2.75, 3.05) is 0 Å². The summed E-state index contributed by atoms with van der Waals surface area (Å²) in [4.78, 5) is 15.2. The number of nitrogens with zero attached hydrogens (tertiary/aromatic N) is 2. The molecule has 2 rings (SSSR count). The van der Waals surface area contributed by atoms with E-state index in [2.05, 4.69) is 4.98 Å². The molecule has 0 spiro atoms. The molecule has 0 radical (unpaired) electrons. The van der Waals surface area contributed by atoms with E-state index in [0.717, 1.165) is 17.6 Å². The molecular formula is C14H16N2O2. The van der Waals surface area contributed by atoms with E-state index in [4.69, 9.17) is 4.74 Å². The summed E-state index contributed by atoms with van der Waals surface area (Å²) in [5.74, 6) is 0.817. The van der Waals surface area contributed by atoms with E-state index in [1.165, 1.54) is 0 Å². The number of rotatable bonds is 4. The maximum absolute atomic E-state index is 11.0. The van der Waals surface area contributed by atoms with Crippen molar-refractivity contribution in [2.45, 2.75) is 20.0 Å². The summed E-state index contributed by atoms with van der Waals surface area (Å²) in [7, 11) is 1.80. The average molecular weight is 244 g/mol. The molecule has 0 saturated carbocycles. The number of ether oxygens (including phenoxy) is 1. The molecule has 0 aliphatic carbocycles. The molecule has 0 aliphatic heterocycles. The Bertz CT molecular complexity index is 541. The van der Waals surface area contributed by atoms with Crippen LogP contribution < -0.4 is 4.74 Å². The number of carbonyl (C=O) groups excluding carboxylic acids is 1. The van der Waals surface area contributed by atoms with E-state index in [-0.39, 0.29) is 6.10 Å². The van der Waals surface area contributed by atoms with Crippen molar-refractivity contribution in [2.24, 2.45) is 7.05 Å². The van der Waals surface area contributed by atoms with Crippen molar-refractivity contribution < 1.29 is 9.53 Å². The SMILES string of the molecule is CC(C)Oc1ccc(-c2ncn(C)c2C=O)cc1. The van der Waals surface area contributed by atoms with Gasteiger partial charge in [0.15, 0.2) is 6.29 Å². The van der Waals surface area contributed by atoms with Crippen molar-refractivity contribution >= 4 is 6.29 Å². The van der Waals surface area contributed by atoms with Crippen LogP contribution >= 0.6 is 0 Å². The van der Waals surface area contributed by atoms with Gasteiger partial charge in [0.2, 0.25) is 0 Å². The molecule has 0 N–H and O–H groups in total. The van der Waals surface area contributed by atoms with Gasteiger partial charge in [-0.25, -0.2) is 4.98 Å². The Morgan fingerprint density at radius 2 is 1.94 bits per heavy atom. The predicted molar refractivity (Wildman–Crippen MR) is 69.8 cm³/mol. The molecule has 1 aromatic carbocycles. The van der Waals surface area contributed by atoms with Crippen LogP contribution in [0.1, 0.15) is 24.3 Å². The van der Waals surface area contributed by atoms with E-state index < -0.39 is 0 Å². The average Bonchev–Trinajstić information content (AvgIpc) is 2.70. The van der Waals surface area contributed by atoms with Gasteiger partial charge in [0.05, 0.1) is 18.1 Å². The third-order valence-electron chi connectivity index (χ3n) is 2.59. The van der Waals surface area contributed by atoms with Gasteiger partial charge >= 0.3 is 0 Å². The molecule has 4 nitrogen and oxygen atoms in total. The lowest BCUT2D eigenvalue weighted by Gasteiger charge is -2.09. The number of aromatic nitrogens is 2. The predicted octanol–water partition coefficient (Wildman–Crippen LogP) is 2.69. The molecule has 1 heterocycles. The minimum atomic E-state index is 0.149. The second-order valence-corrected chi connectivity index (χ2v) is 4.40. The summed E-state index contributed by atoms with van der Waals surface area (Å²) in [5, 5.41) is 0. The summed E-state index contributed by atoms with van der Waals surface area (Å²) < 4.78 is 7.28. The van der Waals surface area contributed by atoms with Crippen LogP contribution in [0, 0.1) is 0 Å². The van der Waals surface area contributed by atoms with Crippen LogP contribution in [0.25, 0.3) is 11.3 Å². The number of imidazole rings is 1. The fraction of sp³-hybridized carbons (Fsp3) is 0.286. The van der Waals surface area contributed by atoms with E-state index in [1.54, 1.807) is 17.9 Å². The van der Waals surface area contributed by atoms with Crippen LogP contribution in [0.2, 0.25) is 0 Å². The van der Waals surface area contributed by atoms with Crippen molar-refractivity contribution in [1.82, 2.24) is 9.55 Å². The second-order valence-electron chi connectivity index (χ2n) is 4.40. The van der Waals surface area contributed by atoms with Crippen LogP contribution in [0.15, 0.2) is 30.6 Å². The Hall–Kier alpha value is -2.10. The molecule has 0 saturated heterocycles. The van der Waals surface area contributed by atoms with Crippen LogP contribution in [-0.2, 0) is 7.05 Å². The van der Waals surface area contributed by atoms with Crippen LogP contribution in [0.4, 0.5) is 0 Å². The lowest BCUT2D eigenvalue weighted by Crippen LogP contribution is -2.05. The highest BCUT2D eigenvalue weighted by Crippen LogP contribution is 2.23. The van der Waals surface area contributed by atoms with Crippen LogP contribution in [0.3, 0.4) is 0 Å². The third-order valence-corrected chi connectivity index (χ3v) is 2.59. The quantitative estimate of drug-likeness (QED) is 0.777. The van der Waals surface area contributed by atoms with Gasteiger partial charge in [0.25, 0.3) is 0 Å². The Morgan fingerprint density at radius 3 is 2.50 bits per heavy atom. The molecule has 94 valence electrons. The van der Waals surface area contributed by atoms with Gasteiger partial charge in [-0.05, 0) is 38.1 Å². The van der Waals surface area contributed by atoms with Gasteiger partial charge in [-0.15, -0.1) is 0 Å². The van der Waals surface area contributed by atoms with Crippen LogP contribution in [0.5, 0.6) is 5.75 Å². The Morgan fingerprint density at radius 1 is 1.28 bits per heavy atom. The maximum atomic E-state index is 11.0. The summed E-state index contributed by atoms with van der Waals surface area (Å²) in [6.45, 7) is 3.97. The highest BCUT2D eigenvalue weighted by molar-refractivity contribution is 5.83. The first-order valence-electron chi connectivity index (χ1n) is 5.85. The van der Waals surface area contributed by atoms with Gasteiger partial charge in [0, 0.05) is 12.6 Å². The van der Waals surface area contributed by atoms with E-state index >= 15 is 0 Å². The Kier molecular flexibility index (Phi) is 3.46. The molecule has 2 aromatic rings. The van der Waals surface area contributed by atoms with Crippen molar-refractivity contribution in [1.29, 1.82) is 0 Å². The third kappa shape index (κ3) is 2.42. The smallest absolute Gasteiger partial charge is 0.168 e. The zero-order valence-corrected chi connectivity index (χ0v) is 10.8.